The highest BCUT2D eigenvalue weighted by atomic mass is 79.9. The summed E-state index contributed by atoms with van der Waals surface area (Å²) >= 11 is 3.55. The Hall–Kier alpha value is -3.63. The van der Waals surface area contributed by atoms with Crippen LogP contribution in [0.4, 0.5) is 4.39 Å². The molecule has 1 heterocycles. The van der Waals surface area contributed by atoms with E-state index in [-0.39, 0.29) is 12.4 Å². The van der Waals surface area contributed by atoms with Crippen molar-refractivity contribution in [2.45, 2.75) is 13.5 Å². The number of nitrogens with zero attached hydrogens (tertiary/aromatic N) is 2. The Morgan fingerprint density at radius 2 is 1.94 bits per heavy atom. The second-order valence-electron chi connectivity index (χ2n) is 6.95. The number of fused-ring (bicyclic) bond motifs is 1. The normalized spacial score (nSPS) is 11.4. The Kier molecular flexibility index (Phi) is 6.52. The van der Waals surface area contributed by atoms with Crippen LogP contribution in [0.15, 0.2) is 65.1 Å². The van der Waals surface area contributed by atoms with Gasteiger partial charge in [0.2, 0.25) is 0 Å². The zero-order chi connectivity index (χ0) is 22.5. The summed E-state index contributed by atoms with van der Waals surface area (Å²) in [6.45, 7) is 2.59. The van der Waals surface area contributed by atoms with E-state index in [0.717, 1.165) is 22.2 Å². The van der Waals surface area contributed by atoms with Crippen LogP contribution in [0.1, 0.15) is 23.9 Å². The second-order valence-corrected chi connectivity index (χ2v) is 7.80. The molecule has 4 rings (SSSR count). The number of para-hydroxylation sites is 2. The number of aromatic amines is 1. The lowest BCUT2D eigenvalue weighted by molar-refractivity contribution is 0.267. The molecule has 1 aromatic heterocycles. The molecule has 0 bridgehead atoms. The van der Waals surface area contributed by atoms with E-state index in [1.807, 2.05) is 43.3 Å². The van der Waals surface area contributed by atoms with Gasteiger partial charge in [-0.05, 0) is 76.5 Å². The number of nitriles is 1. The molecule has 0 fully saturated rings. The van der Waals surface area contributed by atoms with Crippen LogP contribution in [0, 0.1) is 17.1 Å². The van der Waals surface area contributed by atoms with Crippen LogP contribution in [0.5, 0.6) is 11.5 Å². The van der Waals surface area contributed by atoms with Crippen molar-refractivity contribution in [1.82, 2.24) is 9.97 Å². The van der Waals surface area contributed by atoms with Crippen molar-refractivity contribution < 1.29 is 13.9 Å². The van der Waals surface area contributed by atoms with Crippen LogP contribution in [-0.2, 0) is 6.61 Å². The number of ether oxygens (including phenoxy) is 2. The number of benzene rings is 3. The first-order chi connectivity index (χ1) is 15.6. The lowest BCUT2D eigenvalue weighted by Crippen LogP contribution is -2.01. The summed E-state index contributed by atoms with van der Waals surface area (Å²) < 4.78 is 25.6. The molecule has 32 heavy (non-hydrogen) atoms. The van der Waals surface area contributed by atoms with E-state index < -0.39 is 0 Å². The number of aromatic nitrogens is 2. The van der Waals surface area contributed by atoms with Crippen molar-refractivity contribution in [2.24, 2.45) is 0 Å². The molecule has 1 N–H and O–H groups in total. The van der Waals surface area contributed by atoms with E-state index >= 15 is 0 Å². The first-order valence-corrected chi connectivity index (χ1v) is 10.8. The van der Waals surface area contributed by atoms with Gasteiger partial charge >= 0.3 is 0 Å². The quantitative estimate of drug-likeness (QED) is 0.299. The highest BCUT2D eigenvalue weighted by Crippen LogP contribution is 2.38. The maximum absolute atomic E-state index is 13.1. The molecular formula is C25H19BrFN3O2. The third-order valence-electron chi connectivity index (χ3n) is 4.70. The molecule has 0 unspecified atom stereocenters. The highest BCUT2D eigenvalue weighted by Gasteiger charge is 2.14. The van der Waals surface area contributed by atoms with Crippen molar-refractivity contribution >= 4 is 38.6 Å². The van der Waals surface area contributed by atoms with Crippen LogP contribution in [0.2, 0.25) is 0 Å². The molecule has 3 aromatic carbocycles. The van der Waals surface area contributed by atoms with Gasteiger partial charge in [0.1, 0.15) is 24.3 Å². The number of H-pyrrole nitrogens is 1. The molecule has 0 saturated carbocycles. The summed E-state index contributed by atoms with van der Waals surface area (Å²) in [5.41, 5.74) is 3.65. The summed E-state index contributed by atoms with van der Waals surface area (Å²) in [4.78, 5) is 7.69. The molecule has 0 saturated heterocycles. The van der Waals surface area contributed by atoms with E-state index in [2.05, 4.69) is 32.0 Å². The molecule has 0 spiro atoms. The van der Waals surface area contributed by atoms with Gasteiger partial charge in [0, 0.05) is 0 Å². The minimum absolute atomic E-state index is 0.260. The Balaban J connectivity index is 1.65. The van der Waals surface area contributed by atoms with Gasteiger partial charge in [-0.1, -0.05) is 24.3 Å². The average Bonchev–Trinajstić information content (AvgIpc) is 3.22. The largest absolute Gasteiger partial charge is 0.490 e. The number of halogens is 2. The summed E-state index contributed by atoms with van der Waals surface area (Å²) in [6, 6.07) is 19.6. The third kappa shape index (κ3) is 4.82. The number of hydrogen-bond acceptors (Lipinski definition) is 4. The van der Waals surface area contributed by atoms with E-state index in [4.69, 9.17) is 9.47 Å². The molecule has 0 aliphatic rings. The Bertz CT molecular complexity index is 1290. The van der Waals surface area contributed by atoms with Crippen molar-refractivity contribution in [2.75, 3.05) is 6.61 Å². The molecule has 0 aliphatic heterocycles. The second kappa shape index (κ2) is 9.67. The van der Waals surface area contributed by atoms with Crippen LogP contribution < -0.4 is 9.47 Å². The van der Waals surface area contributed by atoms with Crippen molar-refractivity contribution in [3.63, 3.8) is 0 Å². The standard InChI is InChI=1S/C25H19BrFN3O2/c1-2-31-23-13-17(11-18(14-28)25-29-21-5-3-4-6-22(21)30-25)12-20(26)24(23)32-15-16-7-9-19(27)10-8-16/h3-13H,2,15H2,1H3,(H,29,30)/b18-11-. The van der Waals surface area contributed by atoms with E-state index in [9.17, 15) is 9.65 Å². The lowest BCUT2D eigenvalue weighted by atomic mass is 10.1. The topological polar surface area (TPSA) is 70.9 Å². The fourth-order valence-electron chi connectivity index (χ4n) is 3.21. The molecule has 7 heteroatoms. The zero-order valence-corrected chi connectivity index (χ0v) is 18.8. The number of hydrogen-bond donors (Lipinski definition) is 1. The van der Waals surface area contributed by atoms with Crippen LogP contribution in [0.3, 0.4) is 0 Å². The number of rotatable bonds is 7. The van der Waals surface area contributed by atoms with Gasteiger partial charge in [-0.3, -0.25) is 0 Å². The van der Waals surface area contributed by atoms with Crippen LogP contribution >= 0.6 is 15.9 Å². The number of nitrogens with one attached hydrogen (secondary N) is 1. The van der Waals surface area contributed by atoms with Gasteiger partial charge in [0.25, 0.3) is 0 Å². The lowest BCUT2D eigenvalue weighted by Gasteiger charge is -2.15. The molecule has 5 nitrogen and oxygen atoms in total. The predicted octanol–water partition coefficient (Wildman–Crippen LogP) is 6.51. The summed E-state index contributed by atoms with van der Waals surface area (Å²) in [7, 11) is 0. The van der Waals surface area contributed by atoms with Crippen LogP contribution in [0.25, 0.3) is 22.7 Å². The predicted molar refractivity (Wildman–Crippen MR) is 126 cm³/mol. The van der Waals surface area contributed by atoms with Gasteiger partial charge < -0.3 is 14.5 Å². The maximum atomic E-state index is 13.1. The Morgan fingerprint density at radius 1 is 1.16 bits per heavy atom. The van der Waals surface area contributed by atoms with Gasteiger partial charge in [0.05, 0.1) is 27.7 Å². The van der Waals surface area contributed by atoms with Crippen molar-refractivity contribution in [3.8, 4) is 17.6 Å². The average molecular weight is 492 g/mol. The van der Waals surface area contributed by atoms with E-state index in [0.29, 0.717) is 34.0 Å². The first-order valence-electron chi connectivity index (χ1n) is 9.98. The zero-order valence-electron chi connectivity index (χ0n) is 17.2. The molecule has 160 valence electrons. The number of imidazole rings is 1. The summed E-state index contributed by atoms with van der Waals surface area (Å²) in [5.74, 6) is 1.28. The Morgan fingerprint density at radius 3 is 2.66 bits per heavy atom. The van der Waals surface area contributed by atoms with Gasteiger partial charge in [-0.2, -0.15) is 5.26 Å². The fraction of sp³-hybridized carbons (Fsp3) is 0.120. The smallest absolute Gasteiger partial charge is 0.175 e. The summed E-state index contributed by atoms with van der Waals surface area (Å²) in [5, 5.41) is 9.72. The molecule has 0 radical (unpaired) electrons. The SMILES string of the molecule is CCOc1cc(/C=C(/C#N)c2nc3ccccc3[nH]2)cc(Br)c1OCc1ccc(F)cc1. The first kappa shape index (κ1) is 21.6. The minimum atomic E-state index is -0.293. The number of allylic oxidation sites excluding steroid dienone is 1. The van der Waals surface area contributed by atoms with Gasteiger partial charge in [0.15, 0.2) is 11.5 Å². The van der Waals surface area contributed by atoms with E-state index in [1.54, 1.807) is 18.2 Å². The molecule has 0 aliphatic carbocycles. The maximum Gasteiger partial charge on any atom is 0.175 e. The third-order valence-corrected chi connectivity index (χ3v) is 5.29. The van der Waals surface area contributed by atoms with Crippen LogP contribution in [-0.4, -0.2) is 16.6 Å². The van der Waals surface area contributed by atoms with E-state index in [1.165, 1.54) is 12.1 Å². The highest BCUT2D eigenvalue weighted by molar-refractivity contribution is 9.10. The Labute approximate surface area is 193 Å². The monoisotopic (exact) mass is 491 g/mol. The fourth-order valence-corrected chi connectivity index (χ4v) is 3.79. The minimum Gasteiger partial charge on any atom is -0.490 e. The molecule has 4 aromatic rings. The molecular weight excluding hydrogens is 473 g/mol. The molecule has 0 atom stereocenters. The van der Waals surface area contributed by atoms with Crippen molar-refractivity contribution in [1.29, 1.82) is 5.26 Å². The molecule has 0 amide bonds. The van der Waals surface area contributed by atoms with Gasteiger partial charge in [-0.25, -0.2) is 9.37 Å². The van der Waals surface area contributed by atoms with Gasteiger partial charge in [-0.15, -0.1) is 0 Å². The summed E-state index contributed by atoms with van der Waals surface area (Å²) in [6.07, 6.45) is 1.74. The van der Waals surface area contributed by atoms with Crippen molar-refractivity contribution in [3.05, 3.63) is 87.9 Å².